The Hall–Kier alpha value is -1.49. The van der Waals surface area contributed by atoms with Crippen LogP contribution in [0.15, 0.2) is 35.1 Å². The highest BCUT2D eigenvalue weighted by atomic mass is 79.9. The van der Waals surface area contributed by atoms with E-state index in [1.54, 1.807) is 18.2 Å². The molecule has 1 heterocycles. The number of benzene rings is 1. The molecule has 18 heavy (non-hydrogen) atoms. The highest BCUT2D eigenvalue weighted by Crippen LogP contribution is 2.24. The lowest BCUT2D eigenvalue weighted by atomic mass is 10.2. The summed E-state index contributed by atoms with van der Waals surface area (Å²) in [4.78, 5) is 8.13. The normalized spacial score (nSPS) is 10.4. The van der Waals surface area contributed by atoms with Gasteiger partial charge in [-0.2, -0.15) is 0 Å². The predicted molar refractivity (Wildman–Crippen MR) is 70.2 cm³/mol. The Kier molecular flexibility index (Phi) is 4.25. The number of nitrogens with zero attached hydrogens (tertiary/aromatic N) is 2. The van der Waals surface area contributed by atoms with E-state index >= 15 is 0 Å². The molecule has 2 rings (SSSR count). The van der Waals surface area contributed by atoms with Crippen LogP contribution in [0.2, 0.25) is 0 Å². The number of hydrogen-bond acceptors (Lipinski definition) is 3. The minimum absolute atomic E-state index is 0.365. The van der Waals surface area contributed by atoms with Gasteiger partial charge in [-0.15, -0.1) is 0 Å². The van der Waals surface area contributed by atoms with Crippen LogP contribution in [-0.4, -0.2) is 9.97 Å². The summed E-state index contributed by atoms with van der Waals surface area (Å²) in [6, 6.07) is 6.35. The Morgan fingerprint density at radius 1 is 1.28 bits per heavy atom. The Bertz CT molecular complexity index is 548. The molecule has 2 aromatic rings. The smallest absolute Gasteiger partial charge is 0.222 e. The first-order valence-corrected chi connectivity index (χ1v) is 6.42. The van der Waals surface area contributed by atoms with Gasteiger partial charge in [-0.05, 0) is 34.5 Å². The van der Waals surface area contributed by atoms with Crippen molar-refractivity contribution < 1.29 is 9.13 Å². The minimum atomic E-state index is -0.365. The largest absolute Gasteiger partial charge is 0.439 e. The fourth-order valence-electron chi connectivity index (χ4n) is 1.49. The minimum Gasteiger partial charge on any atom is -0.439 e. The van der Waals surface area contributed by atoms with E-state index in [9.17, 15) is 4.39 Å². The molecule has 0 N–H and O–H groups in total. The van der Waals surface area contributed by atoms with Crippen molar-refractivity contribution in [2.75, 3.05) is 0 Å². The Labute approximate surface area is 113 Å². The van der Waals surface area contributed by atoms with E-state index < -0.39 is 0 Å². The topological polar surface area (TPSA) is 35.0 Å². The first kappa shape index (κ1) is 13.0. The molecule has 1 aromatic heterocycles. The van der Waals surface area contributed by atoms with Crippen LogP contribution in [0.25, 0.3) is 0 Å². The molecule has 94 valence electrons. The van der Waals surface area contributed by atoms with Crippen LogP contribution in [0.5, 0.6) is 11.6 Å². The number of aryl methyl sites for hydroxylation is 1. The van der Waals surface area contributed by atoms with E-state index in [1.165, 1.54) is 12.4 Å². The van der Waals surface area contributed by atoms with Gasteiger partial charge in [-0.3, -0.25) is 0 Å². The van der Waals surface area contributed by atoms with Gasteiger partial charge in [-0.1, -0.05) is 13.3 Å². The molecule has 0 atom stereocenters. The fraction of sp³-hybridized carbons (Fsp3) is 0.231. The zero-order valence-electron chi connectivity index (χ0n) is 9.86. The maximum absolute atomic E-state index is 13.3. The standard InChI is InChI=1S/C13H12BrFN2O/c1-2-3-9-6-13(17-8-16-9)18-10-4-5-11(14)12(15)7-10/h4-8H,2-3H2,1H3. The van der Waals surface area contributed by atoms with Gasteiger partial charge < -0.3 is 4.74 Å². The molecule has 0 spiro atoms. The molecule has 0 aliphatic heterocycles. The third-order valence-corrected chi connectivity index (χ3v) is 2.96. The molecule has 0 fully saturated rings. The van der Waals surface area contributed by atoms with Crippen LogP contribution in [-0.2, 0) is 6.42 Å². The quantitative estimate of drug-likeness (QED) is 0.852. The molecule has 3 nitrogen and oxygen atoms in total. The summed E-state index contributed by atoms with van der Waals surface area (Å²) in [6.07, 6.45) is 3.33. The summed E-state index contributed by atoms with van der Waals surface area (Å²) in [7, 11) is 0. The lowest BCUT2D eigenvalue weighted by Crippen LogP contribution is -1.94. The highest BCUT2D eigenvalue weighted by molar-refractivity contribution is 9.10. The second-order valence-corrected chi connectivity index (χ2v) is 4.63. The third-order valence-electron chi connectivity index (χ3n) is 2.32. The fourth-order valence-corrected chi connectivity index (χ4v) is 1.73. The van der Waals surface area contributed by atoms with Crippen molar-refractivity contribution >= 4 is 15.9 Å². The van der Waals surface area contributed by atoms with Gasteiger partial charge in [-0.25, -0.2) is 14.4 Å². The van der Waals surface area contributed by atoms with E-state index in [4.69, 9.17) is 4.74 Å². The molecular weight excluding hydrogens is 299 g/mol. The van der Waals surface area contributed by atoms with Crippen molar-refractivity contribution in [2.45, 2.75) is 19.8 Å². The van der Waals surface area contributed by atoms with Crippen LogP contribution in [0.1, 0.15) is 19.0 Å². The van der Waals surface area contributed by atoms with Crippen LogP contribution in [0, 0.1) is 5.82 Å². The van der Waals surface area contributed by atoms with Crippen LogP contribution < -0.4 is 4.74 Å². The van der Waals surface area contributed by atoms with E-state index in [2.05, 4.69) is 32.8 Å². The van der Waals surface area contributed by atoms with Gasteiger partial charge in [0.15, 0.2) is 0 Å². The van der Waals surface area contributed by atoms with E-state index in [0.717, 1.165) is 18.5 Å². The summed E-state index contributed by atoms with van der Waals surface area (Å²) in [5.41, 5.74) is 0.917. The van der Waals surface area contributed by atoms with Gasteiger partial charge in [0.25, 0.3) is 0 Å². The average Bonchev–Trinajstić information content (AvgIpc) is 2.35. The molecule has 0 unspecified atom stereocenters. The van der Waals surface area contributed by atoms with Crippen LogP contribution in [0.3, 0.4) is 0 Å². The average molecular weight is 311 g/mol. The summed E-state index contributed by atoms with van der Waals surface area (Å²) < 4.78 is 19.2. The summed E-state index contributed by atoms with van der Waals surface area (Å²) in [5.74, 6) is 0.474. The number of halogens is 2. The zero-order valence-corrected chi connectivity index (χ0v) is 11.4. The van der Waals surface area contributed by atoms with Crippen molar-refractivity contribution in [3.8, 4) is 11.6 Å². The van der Waals surface area contributed by atoms with Crippen molar-refractivity contribution in [3.63, 3.8) is 0 Å². The Morgan fingerprint density at radius 2 is 2.11 bits per heavy atom. The molecule has 0 aliphatic rings. The number of ether oxygens (including phenoxy) is 1. The van der Waals surface area contributed by atoms with Gasteiger partial charge >= 0.3 is 0 Å². The van der Waals surface area contributed by atoms with Crippen molar-refractivity contribution in [2.24, 2.45) is 0 Å². The van der Waals surface area contributed by atoms with Crippen molar-refractivity contribution in [3.05, 3.63) is 46.6 Å². The first-order chi connectivity index (χ1) is 8.69. The van der Waals surface area contributed by atoms with E-state index in [-0.39, 0.29) is 5.82 Å². The van der Waals surface area contributed by atoms with E-state index in [0.29, 0.717) is 16.1 Å². The van der Waals surface area contributed by atoms with Crippen LogP contribution in [0.4, 0.5) is 4.39 Å². The molecule has 0 radical (unpaired) electrons. The van der Waals surface area contributed by atoms with Crippen LogP contribution >= 0.6 is 15.9 Å². The van der Waals surface area contributed by atoms with Gasteiger partial charge in [0.2, 0.25) is 5.88 Å². The molecule has 0 bridgehead atoms. The number of aromatic nitrogens is 2. The monoisotopic (exact) mass is 310 g/mol. The van der Waals surface area contributed by atoms with Gasteiger partial charge in [0.1, 0.15) is 17.9 Å². The van der Waals surface area contributed by atoms with Crippen molar-refractivity contribution in [1.29, 1.82) is 0 Å². The molecule has 1 aromatic carbocycles. The second kappa shape index (κ2) is 5.91. The van der Waals surface area contributed by atoms with Gasteiger partial charge in [0.05, 0.1) is 4.47 Å². The lowest BCUT2D eigenvalue weighted by molar-refractivity contribution is 0.455. The zero-order chi connectivity index (χ0) is 13.0. The number of hydrogen-bond donors (Lipinski definition) is 0. The summed E-state index contributed by atoms with van der Waals surface area (Å²) in [5, 5.41) is 0. The summed E-state index contributed by atoms with van der Waals surface area (Å²) >= 11 is 3.09. The highest BCUT2D eigenvalue weighted by Gasteiger charge is 2.04. The SMILES string of the molecule is CCCc1cc(Oc2ccc(Br)c(F)c2)ncn1. The Morgan fingerprint density at radius 3 is 2.83 bits per heavy atom. The predicted octanol–water partition coefficient (Wildman–Crippen LogP) is 4.12. The summed E-state index contributed by atoms with van der Waals surface area (Å²) in [6.45, 7) is 2.08. The molecule has 0 saturated heterocycles. The number of rotatable bonds is 4. The van der Waals surface area contributed by atoms with E-state index in [1.807, 2.05) is 0 Å². The molecule has 5 heteroatoms. The van der Waals surface area contributed by atoms with Gasteiger partial charge in [0, 0.05) is 17.8 Å². The molecule has 0 aliphatic carbocycles. The molecule has 0 amide bonds. The third kappa shape index (κ3) is 3.26. The Balaban J connectivity index is 2.17. The molecule has 0 saturated carbocycles. The second-order valence-electron chi connectivity index (χ2n) is 3.78. The molecular formula is C13H12BrFN2O. The first-order valence-electron chi connectivity index (χ1n) is 5.63. The maximum atomic E-state index is 13.3. The maximum Gasteiger partial charge on any atom is 0.222 e. The lowest BCUT2D eigenvalue weighted by Gasteiger charge is -2.06. The van der Waals surface area contributed by atoms with Crippen molar-refractivity contribution in [1.82, 2.24) is 9.97 Å².